The van der Waals surface area contributed by atoms with Gasteiger partial charge in [0, 0.05) is 5.54 Å². The van der Waals surface area contributed by atoms with Gasteiger partial charge < -0.3 is 0 Å². The summed E-state index contributed by atoms with van der Waals surface area (Å²) in [6, 6.07) is 27.6. The van der Waals surface area contributed by atoms with E-state index in [1.807, 2.05) is 72.8 Å². The van der Waals surface area contributed by atoms with E-state index in [-0.39, 0.29) is 22.3 Å². The maximum atomic E-state index is 9.73. The summed E-state index contributed by atoms with van der Waals surface area (Å²) >= 11 is 0. The molecule has 4 nitrogen and oxygen atoms in total. The van der Waals surface area contributed by atoms with Crippen LogP contribution in [-0.4, -0.2) is 8.80 Å². The highest BCUT2D eigenvalue weighted by Crippen LogP contribution is 2.42. The van der Waals surface area contributed by atoms with E-state index < -0.39 is 14.3 Å². The van der Waals surface area contributed by atoms with Crippen molar-refractivity contribution in [2.45, 2.75) is 5.54 Å². The molecule has 2 aromatic carbocycles. The SMILES string of the molecule is N#CC1=C(C#N)C([SiH](c2ccccc2)c2ccccc2)C(C#N)=C1C#N. The van der Waals surface area contributed by atoms with Gasteiger partial charge in [-0.15, -0.1) is 0 Å². The number of benzene rings is 2. The molecule has 1 aliphatic rings. The Bertz CT molecular complexity index is 984. The van der Waals surface area contributed by atoms with E-state index in [1.165, 1.54) is 0 Å². The Morgan fingerprint density at radius 1 is 0.577 bits per heavy atom. The first-order chi connectivity index (χ1) is 12.8. The zero-order chi connectivity index (χ0) is 18.5. The van der Waals surface area contributed by atoms with Gasteiger partial charge in [-0.25, -0.2) is 0 Å². The highest BCUT2D eigenvalue weighted by atomic mass is 28.3. The molecule has 0 amide bonds. The molecule has 0 aliphatic heterocycles. The Kier molecular flexibility index (Phi) is 4.77. The maximum absolute atomic E-state index is 9.73. The van der Waals surface area contributed by atoms with E-state index in [1.54, 1.807) is 0 Å². The van der Waals surface area contributed by atoms with Gasteiger partial charge in [0.15, 0.2) is 0 Å². The van der Waals surface area contributed by atoms with Gasteiger partial charge in [-0.05, 0) is 0 Å². The van der Waals surface area contributed by atoms with E-state index in [9.17, 15) is 21.0 Å². The minimum atomic E-state index is -2.12. The van der Waals surface area contributed by atoms with Crippen LogP contribution in [0.4, 0.5) is 0 Å². The lowest BCUT2D eigenvalue weighted by Crippen LogP contribution is -2.46. The van der Waals surface area contributed by atoms with Crippen LogP contribution in [0.25, 0.3) is 0 Å². The van der Waals surface area contributed by atoms with Crippen LogP contribution >= 0.6 is 0 Å². The van der Waals surface area contributed by atoms with Crippen molar-refractivity contribution in [2.24, 2.45) is 0 Å². The third kappa shape index (κ3) is 2.70. The summed E-state index contributed by atoms with van der Waals surface area (Å²) in [6.07, 6.45) is 0. The number of hydrogen-bond acceptors (Lipinski definition) is 4. The minimum absolute atomic E-state index is 0.0425. The molecule has 120 valence electrons. The lowest BCUT2D eigenvalue weighted by Gasteiger charge is -2.24. The molecule has 26 heavy (non-hydrogen) atoms. The number of nitriles is 4. The summed E-state index contributed by atoms with van der Waals surface area (Å²) in [5.41, 5.74) is 0.0517. The average Bonchev–Trinajstić information content (AvgIpc) is 3.02. The first-order valence-corrected chi connectivity index (χ1v) is 9.78. The molecular weight excluding hydrogens is 336 g/mol. The molecular formula is C21H12N4Si. The molecule has 1 aliphatic carbocycles. The van der Waals surface area contributed by atoms with Gasteiger partial charge >= 0.3 is 0 Å². The summed E-state index contributed by atoms with van der Waals surface area (Å²) < 4.78 is 0. The zero-order valence-corrected chi connectivity index (χ0v) is 14.9. The van der Waals surface area contributed by atoms with Crippen molar-refractivity contribution in [3.8, 4) is 24.3 Å². The summed E-state index contributed by atoms with van der Waals surface area (Å²) in [4.78, 5) is 0. The molecule has 0 unspecified atom stereocenters. The van der Waals surface area contributed by atoms with Crippen LogP contribution in [-0.2, 0) is 0 Å². The van der Waals surface area contributed by atoms with E-state index in [0.29, 0.717) is 0 Å². The maximum Gasteiger partial charge on any atom is 0.116 e. The first kappa shape index (κ1) is 16.9. The zero-order valence-electron chi connectivity index (χ0n) is 13.7. The van der Waals surface area contributed by atoms with E-state index in [2.05, 4.69) is 12.1 Å². The average molecular weight is 348 g/mol. The Morgan fingerprint density at radius 3 is 1.27 bits per heavy atom. The Labute approximate surface area is 153 Å². The predicted molar refractivity (Wildman–Crippen MR) is 99.6 cm³/mol. The van der Waals surface area contributed by atoms with E-state index in [4.69, 9.17) is 0 Å². The van der Waals surface area contributed by atoms with Crippen molar-refractivity contribution in [1.29, 1.82) is 21.0 Å². The normalized spacial score (nSPS) is 13.9. The van der Waals surface area contributed by atoms with Crippen LogP contribution in [0.2, 0.25) is 5.54 Å². The predicted octanol–water partition coefficient (Wildman–Crippen LogP) is 2.10. The summed E-state index contributed by atoms with van der Waals surface area (Å²) in [5, 5.41) is 40.5. The van der Waals surface area contributed by atoms with Crippen LogP contribution in [0.5, 0.6) is 0 Å². The molecule has 3 rings (SSSR count). The van der Waals surface area contributed by atoms with Crippen LogP contribution in [0.3, 0.4) is 0 Å². The molecule has 0 spiro atoms. The van der Waals surface area contributed by atoms with Crippen LogP contribution in [0.1, 0.15) is 0 Å². The van der Waals surface area contributed by atoms with Crippen molar-refractivity contribution < 1.29 is 0 Å². The second kappa shape index (κ2) is 7.33. The van der Waals surface area contributed by atoms with Crippen molar-refractivity contribution in [3.05, 3.63) is 83.0 Å². The summed E-state index contributed by atoms with van der Waals surface area (Å²) in [5.74, 6) is 0. The van der Waals surface area contributed by atoms with Crippen LogP contribution in [0, 0.1) is 45.3 Å². The fourth-order valence-electron chi connectivity index (χ4n) is 3.44. The van der Waals surface area contributed by atoms with E-state index in [0.717, 1.165) is 10.4 Å². The third-order valence-electron chi connectivity index (χ3n) is 4.53. The standard InChI is InChI=1S/C21H12N4Si/c22-11-17-18(12-23)20(14-25)21(19(17)13-24)26(15-7-3-1-4-8-15)16-9-5-2-6-10-16/h1-10,21,26H. The molecule has 0 aromatic heterocycles. The first-order valence-electron chi connectivity index (χ1n) is 7.95. The van der Waals surface area contributed by atoms with Crippen LogP contribution < -0.4 is 10.4 Å². The Morgan fingerprint density at radius 2 is 0.962 bits per heavy atom. The van der Waals surface area contributed by atoms with Gasteiger partial charge in [-0.3, -0.25) is 0 Å². The minimum Gasteiger partial charge on any atom is -0.193 e. The molecule has 0 N–H and O–H groups in total. The fourth-order valence-corrected chi connectivity index (χ4v) is 7.02. The van der Waals surface area contributed by atoms with Crippen molar-refractivity contribution >= 4 is 19.2 Å². The quantitative estimate of drug-likeness (QED) is 0.794. The largest absolute Gasteiger partial charge is 0.193 e. The highest BCUT2D eigenvalue weighted by Gasteiger charge is 2.41. The van der Waals surface area contributed by atoms with Gasteiger partial charge in [0.2, 0.25) is 0 Å². The van der Waals surface area contributed by atoms with Gasteiger partial charge in [0.1, 0.15) is 20.9 Å². The third-order valence-corrected chi connectivity index (χ3v) is 8.07. The molecule has 0 saturated carbocycles. The molecule has 0 radical (unpaired) electrons. The van der Waals surface area contributed by atoms with Gasteiger partial charge in [-0.2, -0.15) is 21.0 Å². The summed E-state index contributed by atoms with van der Waals surface area (Å²) in [7, 11) is -2.12. The Balaban J connectivity index is 2.32. The van der Waals surface area contributed by atoms with Gasteiger partial charge in [0.05, 0.1) is 34.4 Å². The molecule has 0 fully saturated rings. The molecule has 0 bridgehead atoms. The van der Waals surface area contributed by atoms with Crippen LogP contribution in [0.15, 0.2) is 83.0 Å². The highest BCUT2D eigenvalue weighted by molar-refractivity contribution is 6.87. The number of allylic oxidation sites excluding steroid dienone is 4. The molecule has 5 heteroatoms. The Hall–Kier alpha value is -3.90. The van der Waals surface area contributed by atoms with Crippen molar-refractivity contribution in [2.75, 3.05) is 0 Å². The lowest BCUT2D eigenvalue weighted by atomic mass is 10.1. The summed E-state index contributed by atoms with van der Waals surface area (Å²) in [6.45, 7) is 0. The fraction of sp³-hybridized carbons (Fsp3) is 0.0476. The number of rotatable bonds is 3. The number of hydrogen-bond donors (Lipinski definition) is 0. The monoisotopic (exact) mass is 348 g/mol. The van der Waals surface area contributed by atoms with E-state index >= 15 is 0 Å². The molecule has 0 atom stereocenters. The number of nitrogens with zero attached hydrogens (tertiary/aromatic N) is 4. The molecule has 0 heterocycles. The lowest BCUT2D eigenvalue weighted by molar-refractivity contribution is 1.20. The van der Waals surface area contributed by atoms with Gasteiger partial charge in [0.25, 0.3) is 0 Å². The van der Waals surface area contributed by atoms with Gasteiger partial charge in [-0.1, -0.05) is 71.0 Å². The second-order valence-corrected chi connectivity index (χ2v) is 8.76. The topological polar surface area (TPSA) is 95.2 Å². The second-order valence-electron chi connectivity index (χ2n) is 5.80. The van der Waals surface area contributed by atoms with Crippen molar-refractivity contribution in [3.63, 3.8) is 0 Å². The smallest absolute Gasteiger partial charge is 0.116 e. The van der Waals surface area contributed by atoms with Crippen molar-refractivity contribution in [1.82, 2.24) is 0 Å². The molecule has 0 saturated heterocycles. The molecule has 2 aromatic rings.